The standard InChI is InChI=1S/C11H10ClF2NO3/c1-2-15(5-10(16)17)11(18)6-3-8(13)9(14)4-7(6)12/h3-4H,2,5H2,1H3,(H,16,17). The van der Waals surface area contributed by atoms with Crippen molar-refractivity contribution in [3.05, 3.63) is 34.4 Å². The maximum Gasteiger partial charge on any atom is 0.323 e. The number of rotatable bonds is 4. The molecule has 1 amide bonds. The predicted molar refractivity (Wildman–Crippen MR) is 60.6 cm³/mol. The van der Waals surface area contributed by atoms with Crippen molar-refractivity contribution in [3.8, 4) is 0 Å². The van der Waals surface area contributed by atoms with E-state index < -0.39 is 30.1 Å². The van der Waals surface area contributed by atoms with Gasteiger partial charge in [0.05, 0.1) is 10.6 Å². The minimum Gasteiger partial charge on any atom is -0.480 e. The Balaban J connectivity index is 3.09. The van der Waals surface area contributed by atoms with E-state index in [-0.39, 0.29) is 17.1 Å². The molecule has 0 heterocycles. The molecule has 1 aromatic carbocycles. The van der Waals surface area contributed by atoms with Crippen LogP contribution in [0.25, 0.3) is 0 Å². The molecule has 0 aliphatic heterocycles. The third-order valence-electron chi connectivity index (χ3n) is 2.24. The zero-order valence-electron chi connectivity index (χ0n) is 9.41. The van der Waals surface area contributed by atoms with Gasteiger partial charge in [0.1, 0.15) is 6.54 Å². The van der Waals surface area contributed by atoms with Gasteiger partial charge >= 0.3 is 5.97 Å². The number of aliphatic carboxylic acids is 1. The average molecular weight is 278 g/mol. The van der Waals surface area contributed by atoms with Gasteiger partial charge in [-0.25, -0.2) is 8.78 Å². The van der Waals surface area contributed by atoms with Gasteiger partial charge in [0.25, 0.3) is 5.91 Å². The van der Waals surface area contributed by atoms with Crippen LogP contribution in [0.2, 0.25) is 5.02 Å². The van der Waals surface area contributed by atoms with Crippen molar-refractivity contribution in [1.29, 1.82) is 0 Å². The summed E-state index contributed by atoms with van der Waals surface area (Å²) >= 11 is 5.63. The second-order valence-electron chi connectivity index (χ2n) is 3.46. The fraction of sp³-hybridized carbons (Fsp3) is 0.273. The number of hydrogen-bond donors (Lipinski definition) is 1. The molecule has 0 unspecified atom stereocenters. The van der Waals surface area contributed by atoms with E-state index in [1.165, 1.54) is 0 Å². The monoisotopic (exact) mass is 277 g/mol. The number of hydrogen-bond acceptors (Lipinski definition) is 2. The molecule has 98 valence electrons. The van der Waals surface area contributed by atoms with E-state index in [4.69, 9.17) is 16.7 Å². The van der Waals surface area contributed by atoms with Gasteiger partial charge < -0.3 is 10.0 Å². The molecule has 0 bridgehead atoms. The van der Waals surface area contributed by atoms with Gasteiger partial charge in [0, 0.05) is 6.54 Å². The van der Waals surface area contributed by atoms with Crippen molar-refractivity contribution in [1.82, 2.24) is 4.90 Å². The summed E-state index contributed by atoms with van der Waals surface area (Å²) in [6.45, 7) is 1.14. The Bertz CT molecular complexity index is 493. The molecule has 7 heteroatoms. The second-order valence-corrected chi connectivity index (χ2v) is 3.87. The Labute approximate surface area is 107 Å². The van der Waals surface area contributed by atoms with Gasteiger partial charge in [-0.05, 0) is 19.1 Å². The first kappa shape index (κ1) is 14.4. The minimum absolute atomic E-state index is 0.112. The molecule has 0 aliphatic rings. The molecular weight excluding hydrogens is 268 g/mol. The third-order valence-corrected chi connectivity index (χ3v) is 2.55. The zero-order valence-corrected chi connectivity index (χ0v) is 10.2. The first-order chi connectivity index (χ1) is 8.36. The molecule has 0 atom stereocenters. The number of carboxylic acids is 1. The molecule has 4 nitrogen and oxygen atoms in total. The molecule has 0 saturated heterocycles. The van der Waals surface area contributed by atoms with Crippen molar-refractivity contribution in [3.63, 3.8) is 0 Å². The summed E-state index contributed by atoms with van der Waals surface area (Å²) in [4.78, 5) is 23.4. The summed E-state index contributed by atoms with van der Waals surface area (Å²) in [6, 6.07) is 1.34. The molecule has 18 heavy (non-hydrogen) atoms. The fourth-order valence-corrected chi connectivity index (χ4v) is 1.58. The van der Waals surface area contributed by atoms with Crippen molar-refractivity contribution >= 4 is 23.5 Å². The highest BCUT2D eigenvalue weighted by Gasteiger charge is 2.21. The SMILES string of the molecule is CCN(CC(=O)O)C(=O)c1cc(F)c(F)cc1Cl. The number of carboxylic acid groups (broad SMARTS) is 1. The van der Waals surface area contributed by atoms with Gasteiger partial charge in [-0.2, -0.15) is 0 Å². The van der Waals surface area contributed by atoms with E-state index in [2.05, 4.69) is 0 Å². The Morgan fingerprint density at radius 3 is 2.39 bits per heavy atom. The van der Waals surface area contributed by atoms with E-state index in [9.17, 15) is 18.4 Å². The van der Waals surface area contributed by atoms with Crippen molar-refractivity contribution in [2.45, 2.75) is 6.92 Å². The van der Waals surface area contributed by atoms with Crippen LogP contribution < -0.4 is 0 Å². The normalized spacial score (nSPS) is 10.2. The van der Waals surface area contributed by atoms with Crippen molar-refractivity contribution in [2.24, 2.45) is 0 Å². The maximum atomic E-state index is 13.0. The van der Waals surface area contributed by atoms with Crippen LogP contribution in [0.15, 0.2) is 12.1 Å². The fourth-order valence-electron chi connectivity index (χ4n) is 1.35. The van der Waals surface area contributed by atoms with Crippen molar-refractivity contribution < 1.29 is 23.5 Å². The summed E-state index contributed by atoms with van der Waals surface area (Å²) in [5, 5.41) is 8.36. The van der Waals surface area contributed by atoms with E-state index in [0.717, 1.165) is 4.90 Å². The largest absolute Gasteiger partial charge is 0.480 e. The molecule has 0 radical (unpaired) electrons. The quantitative estimate of drug-likeness (QED) is 0.858. The lowest BCUT2D eigenvalue weighted by Crippen LogP contribution is -2.35. The Morgan fingerprint density at radius 2 is 1.89 bits per heavy atom. The Kier molecular flexibility index (Phi) is 4.61. The van der Waals surface area contributed by atoms with Crippen molar-refractivity contribution in [2.75, 3.05) is 13.1 Å². The van der Waals surface area contributed by atoms with E-state index in [1.54, 1.807) is 6.92 Å². The van der Waals surface area contributed by atoms with Gasteiger partial charge in [-0.15, -0.1) is 0 Å². The number of amides is 1. The maximum absolute atomic E-state index is 13.0. The number of benzene rings is 1. The molecule has 1 rings (SSSR count). The van der Waals surface area contributed by atoms with Crippen LogP contribution in [0, 0.1) is 11.6 Å². The third kappa shape index (κ3) is 3.16. The van der Waals surface area contributed by atoms with E-state index in [0.29, 0.717) is 12.1 Å². The summed E-state index contributed by atoms with van der Waals surface area (Å²) in [6.07, 6.45) is 0. The van der Waals surface area contributed by atoms with Gasteiger partial charge in [0.15, 0.2) is 11.6 Å². The van der Waals surface area contributed by atoms with Gasteiger partial charge in [-0.1, -0.05) is 11.6 Å². The lowest BCUT2D eigenvalue weighted by Gasteiger charge is -2.19. The van der Waals surface area contributed by atoms with E-state index >= 15 is 0 Å². The average Bonchev–Trinajstić information content (AvgIpc) is 2.29. The highest BCUT2D eigenvalue weighted by molar-refractivity contribution is 6.33. The van der Waals surface area contributed by atoms with Crippen LogP contribution in [0.1, 0.15) is 17.3 Å². The smallest absolute Gasteiger partial charge is 0.323 e. The molecule has 0 aliphatic carbocycles. The summed E-state index contributed by atoms with van der Waals surface area (Å²) in [5.41, 5.74) is -0.265. The molecule has 0 aromatic heterocycles. The number of halogens is 3. The predicted octanol–water partition coefficient (Wildman–Crippen LogP) is 2.16. The lowest BCUT2D eigenvalue weighted by atomic mass is 10.2. The number of nitrogens with zero attached hydrogens (tertiary/aromatic N) is 1. The molecule has 1 N–H and O–H groups in total. The Morgan fingerprint density at radius 1 is 1.33 bits per heavy atom. The molecular formula is C11H10ClF2NO3. The highest BCUT2D eigenvalue weighted by Crippen LogP contribution is 2.21. The van der Waals surface area contributed by atoms with E-state index in [1.807, 2.05) is 0 Å². The van der Waals surface area contributed by atoms with Crippen LogP contribution in [-0.4, -0.2) is 35.0 Å². The summed E-state index contributed by atoms with van der Waals surface area (Å²) in [7, 11) is 0. The summed E-state index contributed by atoms with van der Waals surface area (Å²) in [5.74, 6) is -4.35. The van der Waals surface area contributed by atoms with Crippen LogP contribution in [-0.2, 0) is 4.79 Å². The summed E-state index contributed by atoms with van der Waals surface area (Å²) < 4.78 is 25.9. The number of carbonyl (C=O) groups is 2. The highest BCUT2D eigenvalue weighted by atomic mass is 35.5. The first-order valence-corrected chi connectivity index (χ1v) is 5.40. The number of likely N-dealkylation sites (N-methyl/N-ethyl adjacent to an activating group) is 1. The molecule has 0 saturated carbocycles. The number of carbonyl (C=O) groups excluding carboxylic acids is 1. The first-order valence-electron chi connectivity index (χ1n) is 5.02. The topological polar surface area (TPSA) is 57.6 Å². The van der Waals surface area contributed by atoms with Crippen LogP contribution in [0.4, 0.5) is 8.78 Å². The van der Waals surface area contributed by atoms with Crippen LogP contribution in [0.5, 0.6) is 0 Å². The molecule has 0 fully saturated rings. The van der Waals surface area contributed by atoms with Gasteiger partial charge in [0.2, 0.25) is 0 Å². The molecule has 1 aromatic rings. The van der Waals surface area contributed by atoms with Crippen LogP contribution >= 0.6 is 11.6 Å². The lowest BCUT2D eigenvalue weighted by molar-refractivity contribution is -0.137. The minimum atomic E-state index is -1.21. The Hall–Kier alpha value is -1.69. The van der Waals surface area contributed by atoms with Gasteiger partial charge in [-0.3, -0.25) is 9.59 Å². The zero-order chi connectivity index (χ0) is 13.9. The second kappa shape index (κ2) is 5.77. The molecule has 0 spiro atoms. The van der Waals surface area contributed by atoms with Crippen LogP contribution in [0.3, 0.4) is 0 Å².